The van der Waals surface area contributed by atoms with Crippen LogP contribution in [-0.4, -0.2) is 42.6 Å². The molecule has 32 heavy (non-hydrogen) atoms. The van der Waals surface area contributed by atoms with Crippen molar-refractivity contribution >= 4 is 29.2 Å². The molecule has 1 N–H and O–H groups in total. The predicted octanol–water partition coefficient (Wildman–Crippen LogP) is 4.77. The van der Waals surface area contributed by atoms with Crippen molar-refractivity contribution in [2.45, 2.75) is 45.8 Å². The van der Waals surface area contributed by atoms with Crippen molar-refractivity contribution < 1.29 is 14.3 Å². The molecule has 1 unspecified atom stereocenters. The topological polar surface area (TPSA) is 61.9 Å². The van der Waals surface area contributed by atoms with Crippen LogP contribution in [0.15, 0.2) is 42.5 Å². The van der Waals surface area contributed by atoms with E-state index in [1.54, 1.807) is 0 Å². The van der Waals surface area contributed by atoms with E-state index < -0.39 is 0 Å². The zero-order valence-electron chi connectivity index (χ0n) is 18.6. The van der Waals surface area contributed by atoms with Gasteiger partial charge in [0.2, 0.25) is 5.91 Å². The molecule has 6 nitrogen and oxygen atoms in total. The highest BCUT2D eigenvalue weighted by Gasteiger charge is 2.34. The van der Waals surface area contributed by atoms with Gasteiger partial charge in [-0.25, -0.2) is 4.79 Å². The van der Waals surface area contributed by atoms with Crippen LogP contribution < -0.4 is 15.0 Å². The molecule has 1 fully saturated rings. The van der Waals surface area contributed by atoms with Crippen LogP contribution >= 0.6 is 11.6 Å². The second-order valence-corrected chi connectivity index (χ2v) is 9.06. The van der Waals surface area contributed by atoms with Crippen LogP contribution in [0.2, 0.25) is 5.02 Å². The molecule has 0 aliphatic carbocycles. The lowest BCUT2D eigenvalue weighted by atomic mass is 9.96. The molecule has 1 atom stereocenters. The van der Waals surface area contributed by atoms with E-state index in [1.165, 1.54) is 0 Å². The molecule has 7 heteroatoms. The van der Waals surface area contributed by atoms with Crippen molar-refractivity contribution in [1.29, 1.82) is 0 Å². The van der Waals surface area contributed by atoms with E-state index in [9.17, 15) is 9.59 Å². The minimum atomic E-state index is -0.0826. The Morgan fingerprint density at radius 2 is 1.94 bits per heavy atom. The molecule has 4 rings (SSSR count). The number of urea groups is 1. The first kappa shape index (κ1) is 22.5. The summed E-state index contributed by atoms with van der Waals surface area (Å²) in [4.78, 5) is 29.7. The van der Waals surface area contributed by atoms with Gasteiger partial charge in [0.05, 0.1) is 12.2 Å². The maximum absolute atomic E-state index is 13.4. The lowest BCUT2D eigenvalue weighted by Crippen LogP contribution is -2.52. The van der Waals surface area contributed by atoms with Crippen LogP contribution in [0.25, 0.3) is 0 Å². The molecular weight excluding hydrogens is 426 g/mol. The highest BCUT2D eigenvalue weighted by Crippen LogP contribution is 2.36. The summed E-state index contributed by atoms with van der Waals surface area (Å²) < 4.78 is 6.05. The van der Waals surface area contributed by atoms with Gasteiger partial charge in [0.15, 0.2) is 0 Å². The number of rotatable bonds is 4. The number of halogens is 1. The smallest absolute Gasteiger partial charge is 0.324 e. The number of carbonyl (C=O) groups is 2. The van der Waals surface area contributed by atoms with Crippen molar-refractivity contribution in [3.05, 3.63) is 58.6 Å². The first-order valence-corrected chi connectivity index (χ1v) is 11.7. The fraction of sp³-hybridized carbons (Fsp3) is 0.440. The Morgan fingerprint density at radius 3 is 2.66 bits per heavy atom. The van der Waals surface area contributed by atoms with Crippen LogP contribution in [-0.2, 0) is 11.3 Å². The number of piperidine rings is 1. The summed E-state index contributed by atoms with van der Waals surface area (Å²) in [6.07, 6.45) is 2.15. The lowest BCUT2D eigenvalue weighted by molar-refractivity contribution is -0.126. The molecule has 2 aliphatic heterocycles. The van der Waals surface area contributed by atoms with Crippen molar-refractivity contribution in [2.75, 3.05) is 24.5 Å². The number of hydrogen-bond donors (Lipinski definition) is 1. The summed E-state index contributed by atoms with van der Waals surface area (Å²) in [5, 5.41) is 3.67. The second kappa shape index (κ2) is 9.82. The van der Waals surface area contributed by atoms with E-state index in [0.29, 0.717) is 44.0 Å². The summed E-state index contributed by atoms with van der Waals surface area (Å²) in [6.45, 7) is 6.24. The SMILES string of the molecule is CCC1CN(C(=O)N2CCC(C(=O)NCc3cccc(Cl)c3)CC2)c2cc(C)ccc2O1. The first-order valence-electron chi connectivity index (χ1n) is 11.3. The molecule has 0 aromatic heterocycles. The zero-order valence-corrected chi connectivity index (χ0v) is 19.4. The molecule has 1 saturated heterocycles. The number of amides is 3. The van der Waals surface area contributed by atoms with Crippen molar-refractivity contribution in [2.24, 2.45) is 5.92 Å². The van der Waals surface area contributed by atoms with E-state index >= 15 is 0 Å². The third-order valence-corrected chi connectivity index (χ3v) is 6.50. The highest BCUT2D eigenvalue weighted by atomic mass is 35.5. The Kier molecular flexibility index (Phi) is 6.89. The number of fused-ring (bicyclic) bond motifs is 1. The monoisotopic (exact) mass is 455 g/mol. The van der Waals surface area contributed by atoms with Crippen LogP contribution in [0.4, 0.5) is 10.5 Å². The van der Waals surface area contributed by atoms with E-state index in [4.69, 9.17) is 16.3 Å². The van der Waals surface area contributed by atoms with Gasteiger partial charge < -0.3 is 15.0 Å². The summed E-state index contributed by atoms with van der Waals surface area (Å²) in [5.74, 6) is 0.716. The van der Waals surface area contributed by atoms with E-state index in [-0.39, 0.29) is 24.0 Å². The molecule has 2 aliphatic rings. The fourth-order valence-corrected chi connectivity index (χ4v) is 4.55. The number of nitrogens with one attached hydrogen (secondary N) is 1. The van der Waals surface area contributed by atoms with Gasteiger partial charge in [-0.2, -0.15) is 0 Å². The predicted molar refractivity (Wildman–Crippen MR) is 126 cm³/mol. The molecule has 170 valence electrons. The maximum Gasteiger partial charge on any atom is 0.324 e. The van der Waals surface area contributed by atoms with E-state index in [2.05, 4.69) is 12.2 Å². The number of anilines is 1. The average molecular weight is 456 g/mol. The summed E-state index contributed by atoms with van der Waals surface area (Å²) in [6, 6.07) is 13.5. The van der Waals surface area contributed by atoms with Gasteiger partial charge in [0.1, 0.15) is 11.9 Å². The molecule has 0 radical (unpaired) electrons. The van der Waals surface area contributed by atoms with E-state index in [1.807, 2.05) is 59.2 Å². The van der Waals surface area contributed by atoms with Crippen LogP contribution in [0.3, 0.4) is 0 Å². The number of nitrogens with zero attached hydrogens (tertiary/aromatic N) is 2. The maximum atomic E-state index is 13.4. The minimum Gasteiger partial charge on any atom is -0.486 e. The second-order valence-electron chi connectivity index (χ2n) is 8.62. The van der Waals surface area contributed by atoms with E-state index in [0.717, 1.165) is 29.0 Å². The quantitative estimate of drug-likeness (QED) is 0.722. The fourth-order valence-electron chi connectivity index (χ4n) is 4.33. The van der Waals surface area contributed by atoms with Gasteiger partial charge in [-0.05, 0) is 61.6 Å². The Hall–Kier alpha value is -2.73. The molecule has 3 amide bonds. The summed E-state index contributed by atoms with van der Waals surface area (Å²) in [5.41, 5.74) is 2.90. The Labute approximate surface area is 194 Å². The number of likely N-dealkylation sites (tertiary alicyclic amines) is 1. The Balaban J connectivity index is 1.35. The Morgan fingerprint density at radius 1 is 1.16 bits per heavy atom. The van der Waals surface area contributed by atoms with Crippen LogP contribution in [0.5, 0.6) is 5.75 Å². The molecular formula is C25H30ClN3O3. The van der Waals surface area contributed by atoms with Gasteiger partial charge in [0.25, 0.3) is 0 Å². The number of ether oxygens (including phenoxy) is 1. The first-order chi connectivity index (χ1) is 15.4. The van der Waals surface area contributed by atoms with Gasteiger partial charge in [-0.3, -0.25) is 9.69 Å². The van der Waals surface area contributed by atoms with Gasteiger partial charge >= 0.3 is 6.03 Å². The van der Waals surface area contributed by atoms with Crippen LogP contribution in [0.1, 0.15) is 37.3 Å². The molecule has 2 aromatic carbocycles. The van der Waals surface area contributed by atoms with Gasteiger partial charge in [0, 0.05) is 30.6 Å². The molecule has 0 saturated carbocycles. The van der Waals surface area contributed by atoms with Crippen molar-refractivity contribution in [3.63, 3.8) is 0 Å². The van der Waals surface area contributed by atoms with Crippen LogP contribution in [0, 0.1) is 12.8 Å². The third kappa shape index (κ3) is 5.01. The third-order valence-electron chi connectivity index (χ3n) is 6.26. The summed E-state index contributed by atoms with van der Waals surface area (Å²) >= 11 is 6.02. The minimum absolute atomic E-state index is 0.00335. The normalized spacial score (nSPS) is 18.7. The number of hydrogen-bond acceptors (Lipinski definition) is 3. The lowest BCUT2D eigenvalue weighted by Gasteiger charge is -2.39. The zero-order chi connectivity index (χ0) is 22.7. The van der Waals surface area contributed by atoms with Gasteiger partial charge in [-0.1, -0.05) is 36.7 Å². The molecule has 2 aromatic rings. The molecule has 0 spiro atoms. The number of benzene rings is 2. The summed E-state index contributed by atoms with van der Waals surface area (Å²) in [7, 11) is 0. The van der Waals surface area contributed by atoms with Gasteiger partial charge in [-0.15, -0.1) is 0 Å². The Bertz CT molecular complexity index is 988. The molecule has 2 heterocycles. The molecule has 0 bridgehead atoms. The largest absolute Gasteiger partial charge is 0.486 e. The highest BCUT2D eigenvalue weighted by molar-refractivity contribution is 6.30. The number of aryl methyl sites for hydroxylation is 1. The average Bonchev–Trinajstić information content (AvgIpc) is 2.81. The number of carbonyl (C=O) groups excluding carboxylic acids is 2. The van der Waals surface area contributed by atoms with Crippen molar-refractivity contribution in [3.8, 4) is 5.75 Å². The van der Waals surface area contributed by atoms with Crippen molar-refractivity contribution in [1.82, 2.24) is 10.2 Å². The standard InChI is InChI=1S/C25H30ClN3O3/c1-3-21-16-29(22-13-17(2)7-8-23(22)32-21)25(31)28-11-9-19(10-12-28)24(30)27-15-18-5-4-6-20(26)14-18/h4-8,13-14,19,21H,3,9-12,15-16H2,1-2H3,(H,27,30).